The summed E-state index contributed by atoms with van der Waals surface area (Å²) in [6, 6.07) is 16.5. The van der Waals surface area contributed by atoms with Crippen LogP contribution in [0.4, 0.5) is 0 Å². The summed E-state index contributed by atoms with van der Waals surface area (Å²) >= 11 is 0. The molecule has 0 radical (unpaired) electrons. The maximum Gasteiger partial charge on any atom is 0.199 e. The smallest absolute Gasteiger partial charge is 0.199 e. The topological polar surface area (TPSA) is 53.1 Å². The van der Waals surface area contributed by atoms with Gasteiger partial charge in [-0.1, -0.05) is 23.8 Å². The summed E-state index contributed by atoms with van der Waals surface area (Å²) in [7, 11) is 0. The number of nitrogens with zero attached hydrogens (tertiary/aromatic N) is 3. The van der Waals surface area contributed by atoms with Crippen molar-refractivity contribution in [2.24, 2.45) is 0 Å². The number of rotatable bonds is 7. The predicted octanol–water partition coefficient (Wildman–Crippen LogP) is 4.96. The summed E-state index contributed by atoms with van der Waals surface area (Å²) in [6.45, 7) is 5.45. The fourth-order valence-electron chi connectivity index (χ4n) is 3.25. The minimum absolute atomic E-state index is 0.630. The summed E-state index contributed by atoms with van der Waals surface area (Å²) in [5.74, 6) is 1.48. The molecule has 0 bridgehead atoms. The molecule has 0 aliphatic carbocycles. The third-order valence-electron chi connectivity index (χ3n) is 4.50. The molecule has 0 N–H and O–H groups in total. The van der Waals surface area contributed by atoms with E-state index in [1.54, 1.807) is 12.4 Å². The number of aromatic nitrogens is 3. The fourth-order valence-corrected chi connectivity index (χ4v) is 3.25. The molecule has 5 heteroatoms. The maximum absolute atomic E-state index is 6.00. The molecule has 2 heterocycles. The van der Waals surface area contributed by atoms with Gasteiger partial charge in [-0.2, -0.15) is 5.10 Å². The molecular weight excluding hydrogens is 350 g/mol. The lowest BCUT2D eigenvalue weighted by molar-refractivity contribution is 0.134. The molecule has 4 rings (SSSR count). The van der Waals surface area contributed by atoms with Crippen LogP contribution in [0.25, 0.3) is 17.0 Å². The van der Waals surface area contributed by atoms with Crippen molar-refractivity contribution < 1.29 is 9.15 Å². The quantitative estimate of drug-likeness (QED) is 0.459. The van der Waals surface area contributed by atoms with Gasteiger partial charge in [-0.3, -0.25) is 0 Å². The number of oxazole rings is 1. The van der Waals surface area contributed by atoms with E-state index in [-0.39, 0.29) is 0 Å². The number of benzene rings is 2. The van der Waals surface area contributed by atoms with E-state index in [9.17, 15) is 0 Å². The number of ether oxygens (including phenoxy) is 1. The molecule has 0 saturated carbocycles. The predicted molar refractivity (Wildman–Crippen MR) is 108 cm³/mol. The van der Waals surface area contributed by atoms with E-state index in [0.717, 1.165) is 17.0 Å². The lowest BCUT2D eigenvalue weighted by atomic mass is 10.0. The van der Waals surface area contributed by atoms with E-state index in [4.69, 9.17) is 9.15 Å². The summed E-state index contributed by atoms with van der Waals surface area (Å²) < 4.78 is 13.4. The molecule has 0 spiro atoms. The van der Waals surface area contributed by atoms with Crippen molar-refractivity contribution in [1.82, 2.24) is 14.8 Å². The molecule has 4 aromatic rings. The van der Waals surface area contributed by atoms with Crippen LogP contribution in [0.1, 0.15) is 29.5 Å². The Morgan fingerprint density at radius 1 is 1.07 bits per heavy atom. The van der Waals surface area contributed by atoms with Crippen molar-refractivity contribution in [3.8, 4) is 17.0 Å². The highest BCUT2D eigenvalue weighted by molar-refractivity contribution is 5.58. The molecule has 0 aliphatic rings. The standard InChI is InChI=1S/C23H23N3O2/c1-3-27-16-19-12-17(2)11-18(13-19)14-23-24-15-22(28-23)20-5-7-21(8-6-20)26-10-4-9-25-26/h4-13,15H,3,14,16H2,1-2H3. The highest BCUT2D eigenvalue weighted by Gasteiger charge is 2.09. The Morgan fingerprint density at radius 2 is 1.89 bits per heavy atom. The van der Waals surface area contributed by atoms with E-state index < -0.39 is 0 Å². The van der Waals surface area contributed by atoms with Crippen LogP contribution in [0.2, 0.25) is 0 Å². The Kier molecular flexibility index (Phi) is 5.35. The first-order valence-corrected chi connectivity index (χ1v) is 9.43. The van der Waals surface area contributed by atoms with E-state index in [2.05, 4.69) is 35.2 Å². The second-order valence-corrected chi connectivity index (χ2v) is 6.76. The Hall–Kier alpha value is -3.18. The second kappa shape index (κ2) is 8.23. The number of aryl methyl sites for hydroxylation is 1. The van der Waals surface area contributed by atoms with Gasteiger partial charge in [0.15, 0.2) is 11.7 Å². The average molecular weight is 373 g/mol. The van der Waals surface area contributed by atoms with E-state index >= 15 is 0 Å². The summed E-state index contributed by atoms with van der Waals surface area (Å²) in [5, 5.41) is 4.24. The zero-order valence-corrected chi connectivity index (χ0v) is 16.1. The van der Waals surface area contributed by atoms with Crippen LogP contribution in [0.5, 0.6) is 0 Å². The molecule has 0 unspecified atom stereocenters. The zero-order valence-electron chi connectivity index (χ0n) is 16.1. The molecule has 0 saturated heterocycles. The van der Waals surface area contributed by atoms with Gasteiger partial charge in [-0.15, -0.1) is 0 Å². The number of hydrogen-bond donors (Lipinski definition) is 0. The molecule has 28 heavy (non-hydrogen) atoms. The second-order valence-electron chi connectivity index (χ2n) is 6.76. The van der Waals surface area contributed by atoms with Crippen molar-refractivity contribution in [2.45, 2.75) is 26.9 Å². The van der Waals surface area contributed by atoms with E-state index in [1.807, 2.05) is 48.1 Å². The van der Waals surface area contributed by atoms with Gasteiger partial charge in [-0.05, 0) is 55.3 Å². The molecule has 5 nitrogen and oxygen atoms in total. The Bertz CT molecular complexity index is 1030. The lowest BCUT2D eigenvalue weighted by Crippen LogP contribution is -1.96. The van der Waals surface area contributed by atoms with Crippen LogP contribution >= 0.6 is 0 Å². The van der Waals surface area contributed by atoms with Crippen molar-refractivity contribution in [3.05, 3.63) is 89.7 Å². The molecule has 2 aromatic carbocycles. The van der Waals surface area contributed by atoms with Crippen LogP contribution in [0, 0.1) is 6.92 Å². The van der Waals surface area contributed by atoms with Gasteiger partial charge in [0.05, 0.1) is 18.5 Å². The molecule has 142 valence electrons. The normalized spacial score (nSPS) is 11.1. The van der Waals surface area contributed by atoms with E-state index in [1.165, 1.54) is 16.7 Å². The van der Waals surface area contributed by atoms with Crippen LogP contribution in [-0.4, -0.2) is 21.4 Å². The van der Waals surface area contributed by atoms with Gasteiger partial charge >= 0.3 is 0 Å². The molecule has 0 fully saturated rings. The summed E-state index contributed by atoms with van der Waals surface area (Å²) in [6.07, 6.45) is 6.13. The average Bonchev–Trinajstić information content (AvgIpc) is 3.38. The van der Waals surface area contributed by atoms with Gasteiger partial charge in [0.25, 0.3) is 0 Å². The molecular formula is C23H23N3O2. The van der Waals surface area contributed by atoms with E-state index in [0.29, 0.717) is 25.5 Å². The van der Waals surface area contributed by atoms with Crippen LogP contribution in [0.15, 0.2) is 71.5 Å². The minimum atomic E-state index is 0.630. The highest BCUT2D eigenvalue weighted by Crippen LogP contribution is 2.23. The van der Waals surface area contributed by atoms with Gasteiger partial charge in [0, 0.05) is 31.0 Å². The third-order valence-corrected chi connectivity index (χ3v) is 4.50. The van der Waals surface area contributed by atoms with Crippen molar-refractivity contribution in [1.29, 1.82) is 0 Å². The largest absolute Gasteiger partial charge is 0.440 e. The summed E-state index contributed by atoms with van der Waals surface area (Å²) in [4.78, 5) is 4.47. The van der Waals surface area contributed by atoms with Crippen molar-refractivity contribution in [3.63, 3.8) is 0 Å². The number of hydrogen-bond acceptors (Lipinski definition) is 4. The molecule has 0 aliphatic heterocycles. The fraction of sp³-hybridized carbons (Fsp3) is 0.217. The molecule has 0 amide bonds. The summed E-state index contributed by atoms with van der Waals surface area (Å²) in [5.41, 5.74) is 5.58. The molecule has 2 aromatic heterocycles. The van der Waals surface area contributed by atoms with Gasteiger partial charge in [-0.25, -0.2) is 9.67 Å². The van der Waals surface area contributed by atoms with Gasteiger partial charge < -0.3 is 9.15 Å². The first-order valence-electron chi connectivity index (χ1n) is 9.43. The van der Waals surface area contributed by atoms with Crippen molar-refractivity contribution >= 4 is 0 Å². The zero-order chi connectivity index (χ0) is 19.3. The lowest BCUT2D eigenvalue weighted by Gasteiger charge is -2.07. The Labute approximate surface area is 164 Å². The third kappa shape index (κ3) is 4.21. The first kappa shape index (κ1) is 18.2. The SMILES string of the molecule is CCOCc1cc(C)cc(Cc2ncc(-c3ccc(-n4cccn4)cc3)o2)c1. The highest BCUT2D eigenvalue weighted by atomic mass is 16.5. The monoisotopic (exact) mass is 373 g/mol. The Balaban J connectivity index is 1.49. The first-order chi connectivity index (χ1) is 13.7. The van der Waals surface area contributed by atoms with Gasteiger partial charge in [0.2, 0.25) is 0 Å². The van der Waals surface area contributed by atoms with Gasteiger partial charge in [0.1, 0.15) is 0 Å². The van der Waals surface area contributed by atoms with Crippen LogP contribution in [-0.2, 0) is 17.8 Å². The van der Waals surface area contributed by atoms with Crippen LogP contribution in [0.3, 0.4) is 0 Å². The Morgan fingerprint density at radius 3 is 2.64 bits per heavy atom. The molecule has 0 atom stereocenters. The van der Waals surface area contributed by atoms with Crippen LogP contribution < -0.4 is 0 Å². The minimum Gasteiger partial charge on any atom is -0.440 e. The van der Waals surface area contributed by atoms with Crippen molar-refractivity contribution in [2.75, 3.05) is 6.61 Å². The maximum atomic E-state index is 6.00.